The summed E-state index contributed by atoms with van der Waals surface area (Å²) in [6, 6.07) is 7.65. The van der Waals surface area contributed by atoms with E-state index in [0.29, 0.717) is 57.8 Å². The van der Waals surface area contributed by atoms with E-state index < -0.39 is 5.97 Å². The second kappa shape index (κ2) is 15.0. The number of carbonyl (C=O) groups excluding carboxylic acids is 1. The van der Waals surface area contributed by atoms with Gasteiger partial charge in [-0.2, -0.15) is 0 Å². The molecule has 308 valence electrons. The van der Waals surface area contributed by atoms with Gasteiger partial charge in [0.25, 0.3) is 0 Å². The van der Waals surface area contributed by atoms with Crippen molar-refractivity contribution < 1.29 is 14.7 Å². The SMILES string of the molecule is C=C(C)C1CCC2(NCCN3CCN(C(=O)CC4CCCCC4)CC3)CCC3(C)C(CCC4C5(C)CC=C(c6ccc(C(=O)O)cc6)C(C)(C)C5CCC43C)C12. The lowest BCUT2D eigenvalue weighted by atomic mass is 9.33. The largest absolute Gasteiger partial charge is 0.478 e. The Morgan fingerprint density at radius 2 is 1.54 bits per heavy atom. The van der Waals surface area contributed by atoms with Crippen molar-refractivity contribution in [1.82, 2.24) is 15.1 Å². The number of allylic oxidation sites excluding steroid dienone is 3. The maximum Gasteiger partial charge on any atom is 0.335 e. The van der Waals surface area contributed by atoms with Crippen LogP contribution in [0.15, 0.2) is 42.5 Å². The van der Waals surface area contributed by atoms with Gasteiger partial charge in [-0.05, 0) is 158 Å². The molecule has 6 heteroatoms. The van der Waals surface area contributed by atoms with Crippen molar-refractivity contribution in [2.75, 3.05) is 39.3 Å². The van der Waals surface area contributed by atoms with Crippen LogP contribution in [0, 0.1) is 57.2 Å². The summed E-state index contributed by atoms with van der Waals surface area (Å²) in [5, 5.41) is 13.9. The van der Waals surface area contributed by atoms with Crippen LogP contribution in [0.2, 0.25) is 0 Å². The number of piperazine rings is 1. The molecule has 0 radical (unpaired) electrons. The summed E-state index contributed by atoms with van der Waals surface area (Å²) in [4.78, 5) is 29.5. The van der Waals surface area contributed by atoms with E-state index >= 15 is 0 Å². The summed E-state index contributed by atoms with van der Waals surface area (Å²) in [7, 11) is 0. The molecule has 5 saturated carbocycles. The third kappa shape index (κ3) is 6.58. The molecular weight excluding hydrogens is 691 g/mol. The Kier molecular flexibility index (Phi) is 10.8. The van der Waals surface area contributed by atoms with E-state index in [-0.39, 0.29) is 16.4 Å². The van der Waals surface area contributed by atoms with E-state index in [4.69, 9.17) is 0 Å². The summed E-state index contributed by atoms with van der Waals surface area (Å²) >= 11 is 0. The Morgan fingerprint density at radius 1 is 0.821 bits per heavy atom. The number of carboxylic acid groups (broad SMARTS) is 1. The molecule has 6 aliphatic carbocycles. The Labute approximate surface area is 339 Å². The molecule has 9 unspecified atom stereocenters. The molecule has 6 fully saturated rings. The molecule has 56 heavy (non-hydrogen) atoms. The smallest absolute Gasteiger partial charge is 0.335 e. The third-order valence-corrected chi connectivity index (χ3v) is 18.9. The van der Waals surface area contributed by atoms with E-state index in [0.717, 1.165) is 52.1 Å². The highest BCUT2D eigenvalue weighted by Gasteiger charge is 2.70. The average Bonchev–Trinajstić information content (AvgIpc) is 3.56. The number of fused-ring (bicyclic) bond motifs is 7. The molecule has 6 nitrogen and oxygen atoms in total. The number of hydrogen-bond donors (Lipinski definition) is 2. The minimum absolute atomic E-state index is 0.0239. The fourth-order valence-electron chi connectivity index (χ4n) is 15.8. The number of benzene rings is 1. The van der Waals surface area contributed by atoms with Crippen LogP contribution in [0.3, 0.4) is 0 Å². The average molecular weight is 766 g/mol. The predicted octanol–water partition coefficient (Wildman–Crippen LogP) is 10.5. The lowest BCUT2D eigenvalue weighted by Crippen LogP contribution is -2.68. The van der Waals surface area contributed by atoms with Crippen LogP contribution in [0.1, 0.15) is 154 Å². The van der Waals surface area contributed by atoms with Gasteiger partial charge in [-0.1, -0.05) is 84.2 Å². The van der Waals surface area contributed by atoms with Crippen LogP contribution in [0.4, 0.5) is 0 Å². The maximum absolute atomic E-state index is 13.1. The van der Waals surface area contributed by atoms with Crippen molar-refractivity contribution in [3.8, 4) is 0 Å². The van der Waals surface area contributed by atoms with Crippen LogP contribution < -0.4 is 5.32 Å². The van der Waals surface area contributed by atoms with Crippen LogP contribution in [-0.2, 0) is 4.79 Å². The van der Waals surface area contributed by atoms with Crippen LogP contribution in [-0.4, -0.2) is 71.6 Å². The van der Waals surface area contributed by atoms with Crippen molar-refractivity contribution in [3.05, 3.63) is 53.6 Å². The number of amides is 1. The first-order valence-corrected chi connectivity index (χ1v) is 23.1. The van der Waals surface area contributed by atoms with Gasteiger partial charge in [-0.25, -0.2) is 4.79 Å². The normalized spacial score (nSPS) is 39.8. The van der Waals surface area contributed by atoms with Gasteiger partial charge < -0.3 is 15.3 Å². The lowest BCUT2D eigenvalue weighted by molar-refractivity contribution is -0.219. The number of nitrogens with zero attached hydrogens (tertiary/aromatic N) is 2. The Morgan fingerprint density at radius 3 is 2.21 bits per heavy atom. The molecule has 2 N–H and O–H groups in total. The van der Waals surface area contributed by atoms with Gasteiger partial charge in [0, 0.05) is 51.2 Å². The molecule has 1 aromatic carbocycles. The number of carbonyl (C=O) groups is 2. The molecule has 8 rings (SSSR count). The summed E-state index contributed by atoms with van der Waals surface area (Å²) in [5.41, 5.74) is 5.45. The van der Waals surface area contributed by atoms with Crippen LogP contribution in [0.5, 0.6) is 0 Å². The topological polar surface area (TPSA) is 72.9 Å². The van der Waals surface area contributed by atoms with Crippen LogP contribution >= 0.6 is 0 Å². The minimum atomic E-state index is -0.858. The second-order valence-corrected chi connectivity index (χ2v) is 21.6. The zero-order valence-corrected chi connectivity index (χ0v) is 36.1. The summed E-state index contributed by atoms with van der Waals surface area (Å²) < 4.78 is 0. The van der Waals surface area contributed by atoms with Crippen molar-refractivity contribution >= 4 is 17.4 Å². The van der Waals surface area contributed by atoms with E-state index in [1.54, 1.807) is 12.1 Å². The first-order chi connectivity index (χ1) is 26.6. The molecular formula is C50H75N3O3. The van der Waals surface area contributed by atoms with Gasteiger partial charge in [-0.15, -0.1) is 0 Å². The van der Waals surface area contributed by atoms with Gasteiger partial charge in [0.05, 0.1) is 5.56 Å². The number of carboxylic acids is 1. The Balaban J connectivity index is 0.957. The third-order valence-electron chi connectivity index (χ3n) is 18.9. The molecule has 1 heterocycles. The highest BCUT2D eigenvalue weighted by Crippen LogP contribution is 2.76. The van der Waals surface area contributed by atoms with Gasteiger partial charge in [0.1, 0.15) is 0 Å². The van der Waals surface area contributed by atoms with E-state index in [1.807, 2.05) is 12.1 Å². The highest BCUT2D eigenvalue weighted by molar-refractivity contribution is 5.88. The zero-order valence-electron chi connectivity index (χ0n) is 36.1. The molecule has 1 saturated heterocycles. The number of nitrogens with one attached hydrogen (secondary N) is 1. The second-order valence-electron chi connectivity index (χ2n) is 21.6. The molecule has 1 aliphatic heterocycles. The van der Waals surface area contributed by atoms with Crippen molar-refractivity contribution in [3.63, 3.8) is 0 Å². The molecule has 0 spiro atoms. The van der Waals surface area contributed by atoms with Crippen molar-refractivity contribution in [1.29, 1.82) is 0 Å². The monoisotopic (exact) mass is 766 g/mol. The summed E-state index contributed by atoms with van der Waals surface area (Å²) in [6.07, 6.45) is 21.3. The standard InChI is InChI=1S/C50H75N3O3/c1-34(2)38-19-24-50(51-27-28-52-29-31-53(32-30-52)43(54)33-35-11-9-8-10-12-35)26-25-48(6)40(44(38)50)17-18-42-47(5)22-20-39(36-13-15-37(16-14-36)45(55)56)46(3,4)41(47)21-23-49(42,48)7/h13-16,20,35,38,40-42,44,51H,1,8-12,17-19,21-33H2,2-7H3,(H,55,56). The fraction of sp³-hybridized carbons (Fsp3) is 0.760. The predicted molar refractivity (Wildman–Crippen MR) is 228 cm³/mol. The number of hydrogen-bond acceptors (Lipinski definition) is 4. The fourth-order valence-corrected chi connectivity index (χ4v) is 15.8. The molecule has 0 bridgehead atoms. The van der Waals surface area contributed by atoms with Gasteiger partial charge in [-0.3, -0.25) is 9.69 Å². The highest BCUT2D eigenvalue weighted by atomic mass is 16.4. The van der Waals surface area contributed by atoms with Gasteiger partial charge in [0.15, 0.2) is 0 Å². The molecule has 7 aliphatic rings. The quantitative estimate of drug-likeness (QED) is 0.245. The Hall–Kier alpha value is -2.44. The number of aromatic carboxylic acids is 1. The molecule has 1 amide bonds. The van der Waals surface area contributed by atoms with Crippen molar-refractivity contribution in [2.24, 2.45) is 57.2 Å². The van der Waals surface area contributed by atoms with Crippen LogP contribution in [0.25, 0.3) is 5.57 Å². The minimum Gasteiger partial charge on any atom is -0.478 e. The van der Waals surface area contributed by atoms with Gasteiger partial charge >= 0.3 is 5.97 Å². The molecule has 1 aromatic rings. The van der Waals surface area contributed by atoms with E-state index in [2.05, 4.69) is 69.3 Å². The van der Waals surface area contributed by atoms with E-state index in [9.17, 15) is 14.7 Å². The van der Waals surface area contributed by atoms with E-state index in [1.165, 1.54) is 100 Å². The molecule has 9 atom stereocenters. The summed E-state index contributed by atoms with van der Waals surface area (Å²) in [5.74, 6) is 3.43. The van der Waals surface area contributed by atoms with Gasteiger partial charge in [0.2, 0.25) is 5.91 Å². The zero-order chi connectivity index (χ0) is 39.7. The Bertz CT molecular complexity index is 1680. The number of rotatable bonds is 9. The van der Waals surface area contributed by atoms with Crippen molar-refractivity contribution in [2.45, 2.75) is 143 Å². The first kappa shape index (κ1) is 40.3. The lowest BCUT2D eigenvalue weighted by Gasteiger charge is -2.72. The summed E-state index contributed by atoms with van der Waals surface area (Å²) in [6.45, 7) is 26.0. The molecule has 0 aromatic heterocycles. The first-order valence-electron chi connectivity index (χ1n) is 23.1. The maximum atomic E-state index is 13.1.